The molecule has 2 atom stereocenters. The molecular formula is C14H18FNO3S2. The van der Waals surface area contributed by atoms with Crippen molar-refractivity contribution in [3.63, 3.8) is 0 Å². The molecule has 0 spiro atoms. The Kier molecular flexibility index (Phi) is 5.27. The number of hydrogen-bond acceptors (Lipinski definition) is 4. The third kappa shape index (κ3) is 5.00. The first-order valence-corrected chi connectivity index (χ1v) is 9.59. The van der Waals surface area contributed by atoms with Crippen molar-refractivity contribution < 1.29 is 17.6 Å². The number of thioether (sulfide) groups is 1. The Balaban J connectivity index is 1.77. The van der Waals surface area contributed by atoms with Crippen LogP contribution in [0.5, 0.6) is 0 Å². The van der Waals surface area contributed by atoms with Crippen molar-refractivity contribution in [3.8, 4) is 0 Å². The van der Waals surface area contributed by atoms with E-state index in [4.69, 9.17) is 0 Å². The summed E-state index contributed by atoms with van der Waals surface area (Å²) in [5.41, 5.74) is 0.956. The largest absolute Gasteiger partial charge is 0.352 e. The van der Waals surface area contributed by atoms with Crippen LogP contribution < -0.4 is 5.32 Å². The molecule has 0 bridgehead atoms. The summed E-state index contributed by atoms with van der Waals surface area (Å²) in [5, 5.41) is 2.82. The van der Waals surface area contributed by atoms with Crippen molar-refractivity contribution in [2.75, 3.05) is 17.3 Å². The van der Waals surface area contributed by atoms with Crippen LogP contribution in [0.2, 0.25) is 0 Å². The van der Waals surface area contributed by atoms with E-state index in [1.165, 1.54) is 23.9 Å². The molecule has 1 aliphatic heterocycles. The van der Waals surface area contributed by atoms with E-state index in [-0.39, 0.29) is 40.3 Å². The van der Waals surface area contributed by atoms with Crippen LogP contribution in [0.4, 0.5) is 4.39 Å². The lowest BCUT2D eigenvalue weighted by Gasteiger charge is -2.14. The van der Waals surface area contributed by atoms with Crippen molar-refractivity contribution in [1.82, 2.24) is 5.32 Å². The number of benzene rings is 1. The van der Waals surface area contributed by atoms with E-state index >= 15 is 0 Å². The van der Waals surface area contributed by atoms with E-state index in [0.29, 0.717) is 6.42 Å². The number of amides is 1. The maximum atomic E-state index is 12.8. The van der Waals surface area contributed by atoms with Gasteiger partial charge in [-0.1, -0.05) is 12.1 Å². The molecule has 1 amide bonds. The Morgan fingerprint density at radius 2 is 2.10 bits per heavy atom. The monoisotopic (exact) mass is 331 g/mol. The maximum absolute atomic E-state index is 12.8. The second-order valence-electron chi connectivity index (χ2n) is 5.17. The molecule has 4 nitrogen and oxygen atoms in total. The van der Waals surface area contributed by atoms with Gasteiger partial charge in [-0.3, -0.25) is 4.79 Å². The summed E-state index contributed by atoms with van der Waals surface area (Å²) in [6.45, 7) is 1.95. The second kappa shape index (κ2) is 6.79. The summed E-state index contributed by atoms with van der Waals surface area (Å²) in [4.78, 5) is 11.8. The number of halogens is 1. The molecule has 2 rings (SSSR count). The minimum absolute atomic E-state index is 0.0386. The highest BCUT2D eigenvalue weighted by molar-refractivity contribution is 8.00. The van der Waals surface area contributed by atoms with Crippen LogP contribution in [0, 0.1) is 5.82 Å². The number of hydrogen-bond donors (Lipinski definition) is 1. The smallest absolute Gasteiger partial charge is 0.230 e. The van der Waals surface area contributed by atoms with Gasteiger partial charge in [0.2, 0.25) is 5.91 Å². The Bertz CT molecular complexity index is 601. The van der Waals surface area contributed by atoms with Crippen LogP contribution in [0.15, 0.2) is 24.3 Å². The third-order valence-electron chi connectivity index (χ3n) is 3.40. The predicted octanol–water partition coefficient (Wildman–Crippen LogP) is 1.92. The molecule has 1 aromatic rings. The van der Waals surface area contributed by atoms with Gasteiger partial charge in [0.1, 0.15) is 5.82 Å². The lowest BCUT2D eigenvalue weighted by molar-refractivity contribution is -0.119. The Hall–Kier alpha value is -1.08. The fourth-order valence-electron chi connectivity index (χ4n) is 2.21. The summed E-state index contributed by atoms with van der Waals surface area (Å²) >= 11 is 1.44. The normalized spacial score (nSPS) is 21.9. The molecule has 1 saturated heterocycles. The van der Waals surface area contributed by atoms with Crippen LogP contribution >= 0.6 is 11.8 Å². The maximum Gasteiger partial charge on any atom is 0.230 e. The zero-order valence-corrected chi connectivity index (χ0v) is 13.3. The summed E-state index contributed by atoms with van der Waals surface area (Å²) < 4.78 is 35.5. The Morgan fingerprint density at radius 3 is 2.67 bits per heavy atom. The van der Waals surface area contributed by atoms with Gasteiger partial charge >= 0.3 is 0 Å². The van der Waals surface area contributed by atoms with Gasteiger partial charge in [0.15, 0.2) is 9.84 Å². The number of nitrogens with one attached hydrogen (secondary N) is 1. The predicted molar refractivity (Wildman–Crippen MR) is 82.5 cm³/mol. The second-order valence-corrected chi connectivity index (χ2v) is 8.73. The zero-order valence-electron chi connectivity index (χ0n) is 11.7. The SMILES string of the molecule is C[C@@H](SCC(=O)N[C@@H]1CCS(=O)(=O)C1)c1ccc(F)cc1. The Labute approximate surface area is 128 Å². The molecule has 1 N–H and O–H groups in total. The van der Waals surface area contributed by atoms with Gasteiger partial charge in [0.25, 0.3) is 0 Å². The molecule has 0 aliphatic carbocycles. The van der Waals surface area contributed by atoms with Gasteiger partial charge in [-0.2, -0.15) is 0 Å². The van der Waals surface area contributed by atoms with Crippen LogP contribution in [0.3, 0.4) is 0 Å². The van der Waals surface area contributed by atoms with Crippen LogP contribution in [0.1, 0.15) is 24.2 Å². The topological polar surface area (TPSA) is 63.2 Å². The lowest BCUT2D eigenvalue weighted by atomic mass is 10.2. The molecule has 21 heavy (non-hydrogen) atoms. The average Bonchev–Trinajstić information content (AvgIpc) is 2.76. The molecule has 116 valence electrons. The van der Waals surface area contributed by atoms with Crippen molar-refractivity contribution >= 4 is 27.5 Å². The number of carbonyl (C=O) groups is 1. The molecule has 7 heteroatoms. The summed E-state index contributed by atoms with van der Waals surface area (Å²) in [7, 11) is -2.98. The molecule has 1 fully saturated rings. The average molecular weight is 331 g/mol. The molecule has 1 aliphatic rings. The van der Waals surface area contributed by atoms with Gasteiger partial charge in [0.05, 0.1) is 17.3 Å². The van der Waals surface area contributed by atoms with Crippen molar-refractivity contribution in [2.45, 2.75) is 24.6 Å². The lowest BCUT2D eigenvalue weighted by Crippen LogP contribution is -2.36. The van der Waals surface area contributed by atoms with Crippen molar-refractivity contribution in [3.05, 3.63) is 35.6 Å². The first-order chi connectivity index (χ1) is 9.85. The molecule has 0 saturated carbocycles. The van der Waals surface area contributed by atoms with Gasteiger partial charge in [0, 0.05) is 11.3 Å². The molecule has 1 aromatic carbocycles. The summed E-state index contributed by atoms with van der Waals surface area (Å²) in [6, 6.07) is 5.94. The minimum atomic E-state index is -2.98. The van der Waals surface area contributed by atoms with Gasteiger partial charge in [-0.15, -0.1) is 11.8 Å². The van der Waals surface area contributed by atoms with Gasteiger partial charge < -0.3 is 5.32 Å². The van der Waals surface area contributed by atoms with Crippen molar-refractivity contribution in [2.24, 2.45) is 0 Å². The highest BCUT2D eigenvalue weighted by Gasteiger charge is 2.28. The van der Waals surface area contributed by atoms with Crippen LogP contribution in [-0.2, 0) is 14.6 Å². The van der Waals surface area contributed by atoms with Gasteiger partial charge in [-0.25, -0.2) is 12.8 Å². The Morgan fingerprint density at radius 1 is 1.43 bits per heavy atom. The summed E-state index contributed by atoms with van der Waals surface area (Å²) in [5.74, 6) is 0.00972. The highest BCUT2D eigenvalue weighted by Crippen LogP contribution is 2.27. The fourth-order valence-corrected chi connectivity index (χ4v) is 4.72. The third-order valence-corrected chi connectivity index (χ3v) is 6.37. The number of carbonyl (C=O) groups excluding carboxylic acids is 1. The zero-order chi connectivity index (χ0) is 15.5. The standard InChI is InChI=1S/C14H18FNO3S2/c1-10(11-2-4-12(15)5-3-11)20-8-14(17)16-13-6-7-21(18,19)9-13/h2-5,10,13H,6-9H2,1H3,(H,16,17)/t10-,13-/m1/s1. The quantitative estimate of drug-likeness (QED) is 0.895. The van der Waals surface area contributed by atoms with Crippen molar-refractivity contribution in [1.29, 1.82) is 0 Å². The van der Waals surface area contributed by atoms with E-state index in [9.17, 15) is 17.6 Å². The van der Waals surface area contributed by atoms with E-state index < -0.39 is 9.84 Å². The van der Waals surface area contributed by atoms with E-state index in [1.54, 1.807) is 12.1 Å². The van der Waals surface area contributed by atoms with Gasteiger partial charge in [-0.05, 0) is 31.0 Å². The van der Waals surface area contributed by atoms with Crippen LogP contribution in [-0.4, -0.2) is 37.6 Å². The van der Waals surface area contributed by atoms with Crippen LogP contribution in [0.25, 0.3) is 0 Å². The molecule has 0 unspecified atom stereocenters. The van der Waals surface area contributed by atoms with E-state index in [1.807, 2.05) is 6.92 Å². The molecule has 0 aromatic heterocycles. The first kappa shape index (κ1) is 16.3. The molecule has 1 heterocycles. The summed E-state index contributed by atoms with van der Waals surface area (Å²) in [6.07, 6.45) is 0.492. The molecular weight excluding hydrogens is 313 g/mol. The minimum Gasteiger partial charge on any atom is -0.352 e. The fraction of sp³-hybridized carbons (Fsp3) is 0.500. The number of sulfone groups is 1. The first-order valence-electron chi connectivity index (χ1n) is 6.72. The van der Waals surface area contributed by atoms with E-state index in [0.717, 1.165) is 5.56 Å². The number of rotatable bonds is 5. The molecule has 0 radical (unpaired) electrons. The highest BCUT2D eigenvalue weighted by atomic mass is 32.2. The van der Waals surface area contributed by atoms with E-state index in [2.05, 4.69) is 5.32 Å².